The van der Waals surface area contributed by atoms with Crippen molar-refractivity contribution >= 4 is 45.3 Å². The van der Waals surface area contributed by atoms with E-state index in [4.69, 9.17) is 26.8 Å². The quantitative estimate of drug-likeness (QED) is 0.395. The predicted octanol–water partition coefficient (Wildman–Crippen LogP) is 1.13. The second-order valence-electron chi connectivity index (χ2n) is 6.20. The van der Waals surface area contributed by atoms with E-state index in [0.29, 0.717) is 11.3 Å². The van der Waals surface area contributed by atoms with E-state index in [1.165, 1.54) is 25.5 Å². The summed E-state index contributed by atoms with van der Waals surface area (Å²) >= 11 is 5.97. The zero-order valence-corrected chi connectivity index (χ0v) is 18.3. The Labute approximate surface area is 184 Å². The number of methoxy groups -OCH3 is 1. The first-order valence-corrected chi connectivity index (χ1v) is 11.0. The second-order valence-corrected chi connectivity index (χ2v) is 8.55. The summed E-state index contributed by atoms with van der Waals surface area (Å²) in [7, 11) is -2.44. The van der Waals surface area contributed by atoms with E-state index >= 15 is 0 Å². The van der Waals surface area contributed by atoms with Gasteiger partial charge in [0.15, 0.2) is 6.61 Å². The summed E-state index contributed by atoms with van der Waals surface area (Å²) in [6.45, 7) is -0.773. The topological polar surface area (TPSA) is 140 Å². The number of rotatable bonds is 10. The Morgan fingerprint density at radius 3 is 2.48 bits per heavy atom. The lowest BCUT2D eigenvalue weighted by atomic mass is 10.2. The summed E-state index contributed by atoms with van der Waals surface area (Å²) in [4.78, 5) is 23.0. The molecule has 0 saturated carbocycles. The number of hydrogen-bond donors (Lipinski definition) is 2. The number of benzene rings is 2. The number of nitrogens with zero attached hydrogens (tertiary/aromatic N) is 2. The maximum atomic E-state index is 12.3. The molecule has 0 aromatic heterocycles. The maximum absolute atomic E-state index is 12.3. The van der Waals surface area contributed by atoms with Crippen molar-refractivity contribution in [3.05, 3.63) is 53.1 Å². The Morgan fingerprint density at radius 2 is 1.90 bits per heavy atom. The summed E-state index contributed by atoms with van der Waals surface area (Å²) in [5.41, 5.74) is 8.03. The summed E-state index contributed by atoms with van der Waals surface area (Å²) in [6.07, 6.45) is 2.33. The van der Waals surface area contributed by atoms with Gasteiger partial charge in [0, 0.05) is 5.02 Å². The molecule has 166 valence electrons. The van der Waals surface area contributed by atoms with Crippen molar-refractivity contribution in [3.63, 3.8) is 0 Å². The number of sulfonamides is 1. The highest BCUT2D eigenvalue weighted by Crippen LogP contribution is 2.32. The fourth-order valence-corrected chi connectivity index (χ4v) is 3.41. The molecule has 2 aromatic carbocycles. The van der Waals surface area contributed by atoms with Gasteiger partial charge < -0.3 is 15.2 Å². The molecule has 0 aliphatic rings. The van der Waals surface area contributed by atoms with Crippen molar-refractivity contribution in [1.82, 2.24) is 5.43 Å². The monoisotopic (exact) mass is 468 g/mol. The van der Waals surface area contributed by atoms with Gasteiger partial charge in [0.1, 0.15) is 18.0 Å². The molecule has 2 aromatic rings. The predicted molar refractivity (Wildman–Crippen MR) is 117 cm³/mol. The maximum Gasteiger partial charge on any atom is 0.260 e. The number of carbonyl (C=O) groups is 2. The van der Waals surface area contributed by atoms with Gasteiger partial charge in [0.2, 0.25) is 10.0 Å². The largest absolute Gasteiger partial charge is 0.495 e. The molecule has 0 fully saturated rings. The lowest BCUT2D eigenvalue weighted by Crippen LogP contribution is -2.39. The van der Waals surface area contributed by atoms with Crippen LogP contribution in [0.15, 0.2) is 47.6 Å². The Bertz CT molecular complexity index is 1070. The summed E-state index contributed by atoms with van der Waals surface area (Å²) < 4.78 is 35.7. The highest BCUT2D eigenvalue weighted by atomic mass is 35.5. The molecule has 0 aliphatic carbocycles. The molecule has 31 heavy (non-hydrogen) atoms. The van der Waals surface area contributed by atoms with E-state index in [0.717, 1.165) is 10.6 Å². The van der Waals surface area contributed by atoms with Crippen molar-refractivity contribution in [2.24, 2.45) is 10.8 Å². The summed E-state index contributed by atoms with van der Waals surface area (Å²) in [6, 6.07) is 10.9. The Balaban J connectivity index is 2.05. The van der Waals surface area contributed by atoms with Crippen LogP contribution in [0.5, 0.6) is 11.5 Å². The lowest BCUT2D eigenvalue weighted by Gasteiger charge is -2.23. The minimum absolute atomic E-state index is 0.128. The molecule has 0 spiro atoms. The molecule has 10 nitrogen and oxygen atoms in total. The molecule has 0 saturated heterocycles. The molecule has 0 aliphatic heterocycles. The first-order valence-electron chi connectivity index (χ1n) is 8.74. The van der Waals surface area contributed by atoms with E-state index in [-0.39, 0.29) is 23.1 Å². The molecule has 12 heteroatoms. The molecular weight excluding hydrogens is 448 g/mol. The Hall–Kier alpha value is -3.31. The standard InChI is InChI=1S/C19H21ClN4O6S/c1-29-17-8-5-14(20)9-16(17)24(31(2,27)28)11-19(26)23-22-10-13-3-6-15(7-4-13)30-12-18(21)25/h3-10H,11-12H2,1-2H3,(H2,21,25)(H,23,26). The van der Waals surface area contributed by atoms with Crippen LogP contribution in [0.4, 0.5) is 5.69 Å². The highest BCUT2D eigenvalue weighted by molar-refractivity contribution is 7.92. The van der Waals surface area contributed by atoms with Crippen LogP contribution in [0.1, 0.15) is 5.56 Å². The number of halogens is 1. The smallest absolute Gasteiger partial charge is 0.260 e. The van der Waals surface area contributed by atoms with E-state index in [1.54, 1.807) is 30.3 Å². The lowest BCUT2D eigenvalue weighted by molar-refractivity contribution is -0.120. The van der Waals surface area contributed by atoms with Crippen molar-refractivity contribution in [1.29, 1.82) is 0 Å². The van der Waals surface area contributed by atoms with Crippen LogP contribution in [-0.4, -0.2) is 53.0 Å². The van der Waals surface area contributed by atoms with Gasteiger partial charge >= 0.3 is 0 Å². The molecule has 2 amide bonds. The molecular formula is C19H21ClN4O6S. The average molecular weight is 469 g/mol. The van der Waals surface area contributed by atoms with Crippen molar-refractivity contribution in [2.45, 2.75) is 0 Å². The van der Waals surface area contributed by atoms with Gasteiger partial charge in [-0.05, 0) is 48.0 Å². The van der Waals surface area contributed by atoms with Crippen LogP contribution in [0.3, 0.4) is 0 Å². The van der Waals surface area contributed by atoms with E-state index in [2.05, 4.69) is 10.5 Å². The number of hydrazone groups is 1. The summed E-state index contributed by atoms with van der Waals surface area (Å²) in [5, 5.41) is 4.10. The Morgan fingerprint density at radius 1 is 1.23 bits per heavy atom. The zero-order valence-electron chi connectivity index (χ0n) is 16.7. The van der Waals surface area contributed by atoms with Crippen LogP contribution in [0.25, 0.3) is 0 Å². The van der Waals surface area contributed by atoms with E-state index in [9.17, 15) is 18.0 Å². The van der Waals surface area contributed by atoms with Gasteiger partial charge in [-0.25, -0.2) is 13.8 Å². The van der Waals surface area contributed by atoms with Crippen molar-refractivity contribution in [3.8, 4) is 11.5 Å². The van der Waals surface area contributed by atoms with Crippen molar-refractivity contribution in [2.75, 3.05) is 30.8 Å². The van der Waals surface area contributed by atoms with Crippen LogP contribution < -0.4 is 24.9 Å². The van der Waals surface area contributed by atoms with Gasteiger partial charge in [0.05, 0.1) is 25.3 Å². The molecule has 2 rings (SSSR count). The molecule has 0 radical (unpaired) electrons. The number of ether oxygens (including phenoxy) is 2. The van der Waals surface area contributed by atoms with E-state index < -0.39 is 28.4 Å². The van der Waals surface area contributed by atoms with Gasteiger partial charge in [0.25, 0.3) is 11.8 Å². The number of nitrogens with one attached hydrogen (secondary N) is 1. The third kappa shape index (κ3) is 7.46. The molecule has 0 heterocycles. The molecule has 0 unspecified atom stereocenters. The third-order valence-electron chi connectivity index (χ3n) is 3.76. The first-order chi connectivity index (χ1) is 14.6. The third-order valence-corrected chi connectivity index (χ3v) is 5.12. The highest BCUT2D eigenvalue weighted by Gasteiger charge is 2.24. The number of primary amides is 1. The van der Waals surface area contributed by atoms with Crippen LogP contribution >= 0.6 is 11.6 Å². The minimum atomic E-state index is -3.82. The SMILES string of the molecule is COc1ccc(Cl)cc1N(CC(=O)NN=Cc1ccc(OCC(N)=O)cc1)S(C)(=O)=O. The summed E-state index contributed by atoms with van der Waals surface area (Å²) in [5.74, 6) is -0.582. The second kappa shape index (κ2) is 10.6. The normalized spacial score (nSPS) is 11.2. The van der Waals surface area contributed by atoms with Gasteiger partial charge in [-0.15, -0.1) is 0 Å². The number of nitrogens with two attached hydrogens (primary N) is 1. The van der Waals surface area contributed by atoms with Crippen LogP contribution in [0.2, 0.25) is 5.02 Å². The van der Waals surface area contributed by atoms with Crippen molar-refractivity contribution < 1.29 is 27.5 Å². The molecule has 0 atom stereocenters. The Kier molecular flexibility index (Phi) is 8.22. The first kappa shape index (κ1) is 24.0. The molecule has 0 bridgehead atoms. The van der Waals surface area contributed by atoms with Gasteiger partial charge in [-0.2, -0.15) is 5.10 Å². The fraction of sp³-hybridized carbons (Fsp3) is 0.211. The minimum Gasteiger partial charge on any atom is -0.495 e. The van der Waals surface area contributed by atoms with Gasteiger partial charge in [-0.1, -0.05) is 11.6 Å². The zero-order chi connectivity index (χ0) is 23.0. The van der Waals surface area contributed by atoms with Crippen LogP contribution in [-0.2, 0) is 19.6 Å². The number of hydrogen-bond acceptors (Lipinski definition) is 7. The fourth-order valence-electron chi connectivity index (χ4n) is 2.39. The average Bonchev–Trinajstić information content (AvgIpc) is 2.70. The number of carbonyl (C=O) groups excluding carboxylic acids is 2. The number of amides is 2. The molecule has 3 N–H and O–H groups in total. The van der Waals surface area contributed by atoms with Crippen LogP contribution in [0, 0.1) is 0 Å². The van der Waals surface area contributed by atoms with Gasteiger partial charge in [-0.3, -0.25) is 13.9 Å². The number of anilines is 1. The van der Waals surface area contributed by atoms with E-state index in [1.807, 2.05) is 0 Å².